The van der Waals surface area contributed by atoms with Crippen LogP contribution in [0.5, 0.6) is 0 Å². The van der Waals surface area contributed by atoms with E-state index in [-0.39, 0.29) is 18.3 Å². The zero-order valence-corrected chi connectivity index (χ0v) is 14.9. The number of halogens is 1. The number of piperidine rings is 1. The van der Waals surface area contributed by atoms with Gasteiger partial charge in [-0.25, -0.2) is 4.68 Å². The summed E-state index contributed by atoms with van der Waals surface area (Å²) >= 11 is 0. The SMILES string of the molecule is Cc1c(C(=O)N(C)C2CCCCC2)nnn1C1CCNCC1.Cl. The maximum atomic E-state index is 12.8. The average Bonchev–Trinajstić information content (AvgIpc) is 2.96. The Balaban J connectivity index is 0.00000192. The molecule has 0 unspecified atom stereocenters. The van der Waals surface area contributed by atoms with Crippen molar-refractivity contribution in [3.63, 3.8) is 0 Å². The Kier molecular flexibility index (Phi) is 6.41. The lowest BCUT2D eigenvalue weighted by molar-refractivity contribution is 0.0689. The molecule has 1 aromatic heterocycles. The first kappa shape index (κ1) is 18.2. The molecule has 0 spiro atoms. The number of hydrogen-bond donors (Lipinski definition) is 1. The molecule has 1 saturated carbocycles. The highest BCUT2D eigenvalue weighted by molar-refractivity contribution is 5.93. The third-order valence-electron chi connectivity index (χ3n) is 5.23. The predicted molar refractivity (Wildman–Crippen MR) is 92.1 cm³/mol. The fraction of sp³-hybridized carbons (Fsp3) is 0.812. The number of rotatable bonds is 3. The minimum absolute atomic E-state index is 0. The summed E-state index contributed by atoms with van der Waals surface area (Å²) in [4.78, 5) is 14.7. The first-order valence-electron chi connectivity index (χ1n) is 8.58. The summed E-state index contributed by atoms with van der Waals surface area (Å²) in [6, 6.07) is 0.736. The molecule has 3 rings (SSSR count). The fourth-order valence-electron chi connectivity index (χ4n) is 3.74. The zero-order valence-electron chi connectivity index (χ0n) is 14.1. The van der Waals surface area contributed by atoms with E-state index in [2.05, 4.69) is 15.6 Å². The van der Waals surface area contributed by atoms with Crippen molar-refractivity contribution in [3.05, 3.63) is 11.4 Å². The zero-order chi connectivity index (χ0) is 15.5. The van der Waals surface area contributed by atoms with Crippen LogP contribution in [-0.4, -0.2) is 52.0 Å². The lowest BCUT2D eigenvalue weighted by Gasteiger charge is -2.30. The van der Waals surface area contributed by atoms with Crippen molar-refractivity contribution in [2.75, 3.05) is 20.1 Å². The van der Waals surface area contributed by atoms with E-state index in [0.29, 0.717) is 17.8 Å². The van der Waals surface area contributed by atoms with Crippen molar-refractivity contribution in [2.24, 2.45) is 0 Å². The molecule has 2 fully saturated rings. The van der Waals surface area contributed by atoms with E-state index in [1.54, 1.807) is 0 Å². The number of carbonyl (C=O) groups excluding carboxylic acids is 1. The maximum absolute atomic E-state index is 12.8. The van der Waals surface area contributed by atoms with E-state index in [9.17, 15) is 4.79 Å². The first-order chi connectivity index (χ1) is 10.7. The topological polar surface area (TPSA) is 63.1 Å². The first-order valence-corrected chi connectivity index (χ1v) is 8.58. The summed E-state index contributed by atoms with van der Waals surface area (Å²) in [6.45, 7) is 3.99. The molecule has 0 aromatic carbocycles. The molecule has 1 saturated heterocycles. The van der Waals surface area contributed by atoms with Gasteiger partial charge in [-0.1, -0.05) is 24.5 Å². The van der Waals surface area contributed by atoms with Crippen LogP contribution in [0.25, 0.3) is 0 Å². The van der Waals surface area contributed by atoms with E-state index in [4.69, 9.17) is 0 Å². The van der Waals surface area contributed by atoms with Gasteiger partial charge in [0.25, 0.3) is 5.91 Å². The summed E-state index contributed by atoms with van der Waals surface area (Å²) in [5.41, 5.74) is 1.45. The van der Waals surface area contributed by atoms with Crippen LogP contribution in [0.15, 0.2) is 0 Å². The highest BCUT2D eigenvalue weighted by Gasteiger charge is 2.28. The Morgan fingerprint density at radius 1 is 1.17 bits per heavy atom. The summed E-state index contributed by atoms with van der Waals surface area (Å²) < 4.78 is 1.96. The van der Waals surface area contributed by atoms with Crippen molar-refractivity contribution < 1.29 is 4.79 Å². The lowest BCUT2D eigenvalue weighted by Crippen LogP contribution is -2.38. The third-order valence-corrected chi connectivity index (χ3v) is 5.23. The number of nitrogens with zero attached hydrogens (tertiary/aromatic N) is 4. The number of aromatic nitrogens is 3. The van der Waals surface area contributed by atoms with Gasteiger partial charge in [0.2, 0.25) is 0 Å². The highest BCUT2D eigenvalue weighted by atomic mass is 35.5. The van der Waals surface area contributed by atoms with E-state index in [1.807, 2.05) is 23.6 Å². The number of amides is 1. The van der Waals surface area contributed by atoms with E-state index < -0.39 is 0 Å². The lowest BCUT2D eigenvalue weighted by atomic mass is 9.94. The summed E-state index contributed by atoms with van der Waals surface area (Å²) in [5, 5.41) is 11.8. The number of hydrogen-bond acceptors (Lipinski definition) is 4. The minimum Gasteiger partial charge on any atom is -0.337 e. The Bertz CT molecular complexity index is 521. The fourth-order valence-corrected chi connectivity index (χ4v) is 3.74. The Morgan fingerprint density at radius 3 is 2.48 bits per heavy atom. The Labute approximate surface area is 144 Å². The Morgan fingerprint density at radius 2 is 1.83 bits per heavy atom. The molecule has 1 aliphatic heterocycles. The minimum atomic E-state index is 0. The molecule has 0 radical (unpaired) electrons. The van der Waals surface area contributed by atoms with Gasteiger partial charge in [0.05, 0.1) is 11.7 Å². The van der Waals surface area contributed by atoms with Crippen LogP contribution in [0.4, 0.5) is 0 Å². The number of nitrogens with one attached hydrogen (secondary N) is 1. The molecular weight excluding hydrogens is 314 g/mol. The standard InChI is InChI=1S/C16H27N5O.ClH/c1-12-15(16(22)20(2)13-6-4-3-5-7-13)18-19-21(12)14-8-10-17-11-9-14;/h13-14,17H,3-11H2,1-2H3;1H. The van der Waals surface area contributed by atoms with Gasteiger partial charge in [-0.05, 0) is 45.7 Å². The van der Waals surface area contributed by atoms with Gasteiger partial charge in [-0.2, -0.15) is 0 Å². The molecular formula is C16H28ClN5O. The quantitative estimate of drug-likeness (QED) is 0.916. The molecule has 1 amide bonds. The monoisotopic (exact) mass is 341 g/mol. The van der Waals surface area contributed by atoms with Crippen LogP contribution in [0, 0.1) is 6.92 Å². The van der Waals surface area contributed by atoms with Crippen LogP contribution in [-0.2, 0) is 0 Å². The summed E-state index contributed by atoms with van der Waals surface area (Å²) in [5.74, 6) is 0.0320. The molecule has 1 aromatic rings. The van der Waals surface area contributed by atoms with Gasteiger partial charge >= 0.3 is 0 Å². The normalized spacial score (nSPS) is 20.1. The van der Waals surface area contributed by atoms with Gasteiger partial charge < -0.3 is 10.2 Å². The van der Waals surface area contributed by atoms with Crippen molar-refractivity contribution in [1.29, 1.82) is 0 Å². The summed E-state index contributed by atoms with van der Waals surface area (Å²) in [7, 11) is 1.92. The van der Waals surface area contributed by atoms with E-state index in [0.717, 1.165) is 44.5 Å². The van der Waals surface area contributed by atoms with Gasteiger partial charge in [0.15, 0.2) is 5.69 Å². The second kappa shape index (κ2) is 8.11. The van der Waals surface area contributed by atoms with Gasteiger partial charge in [0, 0.05) is 13.1 Å². The molecule has 1 aliphatic carbocycles. The van der Waals surface area contributed by atoms with Crippen LogP contribution >= 0.6 is 12.4 Å². The maximum Gasteiger partial charge on any atom is 0.276 e. The van der Waals surface area contributed by atoms with E-state index >= 15 is 0 Å². The molecule has 7 heteroatoms. The van der Waals surface area contributed by atoms with Crippen molar-refractivity contribution in [2.45, 2.75) is 64.0 Å². The van der Waals surface area contributed by atoms with Crippen LogP contribution in [0.1, 0.15) is 67.2 Å². The molecule has 6 nitrogen and oxygen atoms in total. The molecule has 2 aliphatic rings. The van der Waals surface area contributed by atoms with Gasteiger partial charge in [0.1, 0.15) is 0 Å². The molecule has 23 heavy (non-hydrogen) atoms. The van der Waals surface area contributed by atoms with Crippen LogP contribution in [0.3, 0.4) is 0 Å². The molecule has 2 heterocycles. The predicted octanol–water partition coefficient (Wildman–Crippen LogP) is 2.34. The van der Waals surface area contributed by atoms with E-state index in [1.165, 1.54) is 19.3 Å². The molecule has 0 bridgehead atoms. The van der Waals surface area contributed by atoms with Crippen molar-refractivity contribution in [1.82, 2.24) is 25.2 Å². The van der Waals surface area contributed by atoms with Crippen LogP contribution < -0.4 is 5.32 Å². The largest absolute Gasteiger partial charge is 0.337 e. The molecule has 1 N–H and O–H groups in total. The van der Waals surface area contributed by atoms with Crippen LogP contribution in [0.2, 0.25) is 0 Å². The second-order valence-electron chi connectivity index (χ2n) is 6.66. The van der Waals surface area contributed by atoms with Gasteiger partial charge in [-0.15, -0.1) is 17.5 Å². The smallest absolute Gasteiger partial charge is 0.276 e. The third kappa shape index (κ3) is 3.86. The second-order valence-corrected chi connectivity index (χ2v) is 6.66. The van der Waals surface area contributed by atoms with Crippen molar-refractivity contribution in [3.8, 4) is 0 Å². The molecule has 130 valence electrons. The Hall–Kier alpha value is -1.14. The average molecular weight is 342 g/mol. The number of carbonyl (C=O) groups is 1. The summed E-state index contributed by atoms with van der Waals surface area (Å²) in [6.07, 6.45) is 8.08. The van der Waals surface area contributed by atoms with Crippen molar-refractivity contribution >= 4 is 18.3 Å². The van der Waals surface area contributed by atoms with Gasteiger partial charge in [-0.3, -0.25) is 4.79 Å². The molecule has 0 atom stereocenters. The highest BCUT2D eigenvalue weighted by Crippen LogP contribution is 2.24.